The lowest BCUT2D eigenvalue weighted by molar-refractivity contribution is -0.140. The number of carbonyl (C=O) groups excluding carboxylic acids is 2. The van der Waals surface area contributed by atoms with E-state index in [1.54, 1.807) is 26.0 Å². The van der Waals surface area contributed by atoms with Crippen molar-refractivity contribution >= 4 is 27.5 Å². The molecule has 3 rings (SSSR count). The summed E-state index contributed by atoms with van der Waals surface area (Å²) >= 11 is 0. The van der Waals surface area contributed by atoms with Gasteiger partial charge in [0.25, 0.3) is 10.0 Å². The summed E-state index contributed by atoms with van der Waals surface area (Å²) in [5.74, 6) is -1.40. The van der Waals surface area contributed by atoms with Crippen LogP contribution in [0, 0.1) is 12.7 Å². The first-order valence-corrected chi connectivity index (χ1v) is 13.6. The molecule has 196 valence electrons. The lowest BCUT2D eigenvalue weighted by Gasteiger charge is -2.33. The second-order valence-electron chi connectivity index (χ2n) is 8.63. The molecule has 0 radical (unpaired) electrons. The second-order valence-corrected chi connectivity index (χ2v) is 10.5. The third kappa shape index (κ3) is 6.95. The topological polar surface area (TPSA) is 86.8 Å². The summed E-state index contributed by atoms with van der Waals surface area (Å²) < 4.78 is 42.0. The van der Waals surface area contributed by atoms with Gasteiger partial charge in [-0.3, -0.25) is 13.9 Å². The van der Waals surface area contributed by atoms with E-state index in [-0.39, 0.29) is 23.0 Å². The van der Waals surface area contributed by atoms with Gasteiger partial charge in [-0.1, -0.05) is 55.0 Å². The molecule has 0 saturated heterocycles. The normalized spacial score (nSPS) is 12.0. The van der Waals surface area contributed by atoms with Crippen molar-refractivity contribution in [2.45, 2.75) is 44.7 Å². The Morgan fingerprint density at radius 2 is 1.54 bits per heavy atom. The van der Waals surface area contributed by atoms with E-state index < -0.39 is 34.3 Å². The van der Waals surface area contributed by atoms with Crippen molar-refractivity contribution in [3.8, 4) is 0 Å². The van der Waals surface area contributed by atoms with E-state index in [2.05, 4.69) is 5.32 Å². The first-order valence-electron chi connectivity index (χ1n) is 12.1. The molecule has 3 aromatic carbocycles. The zero-order chi connectivity index (χ0) is 27.0. The fourth-order valence-corrected chi connectivity index (χ4v) is 5.38. The van der Waals surface area contributed by atoms with Crippen molar-refractivity contribution in [3.63, 3.8) is 0 Å². The minimum Gasteiger partial charge on any atom is -0.355 e. The Balaban J connectivity index is 2.04. The number of rotatable bonds is 11. The number of anilines is 1. The van der Waals surface area contributed by atoms with Crippen molar-refractivity contribution in [1.29, 1.82) is 0 Å². The fourth-order valence-electron chi connectivity index (χ4n) is 3.97. The van der Waals surface area contributed by atoms with Gasteiger partial charge in [0.15, 0.2) is 0 Å². The van der Waals surface area contributed by atoms with Crippen LogP contribution in [0.5, 0.6) is 0 Å². The molecule has 0 aliphatic carbocycles. The van der Waals surface area contributed by atoms with Crippen LogP contribution in [0.2, 0.25) is 0 Å². The zero-order valence-corrected chi connectivity index (χ0v) is 22.0. The van der Waals surface area contributed by atoms with Crippen molar-refractivity contribution < 1.29 is 22.4 Å². The number of sulfonamides is 1. The number of halogens is 1. The number of hydrogen-bond donors (Lipinski definition) is 1. The Kier molecular flexibility index (Phi) is 9.41. The summed E-state index contributed by atoms with van der Waals surface area (Å²) in [5.41, 5.74) is 1.82. The van der Waals surface area contributed by atoms with Gasteiger partial charge in [0.05, 0.1) is 10.6 Å². The minimum atomic E-state index is -4.19. The molecule has 0 aromatic heterocycles. The molecule has 1 atom stereocenters. The van der Waals surface area contributed by atoms with Crippen LogP contribution in [0.15, 0.2) is 83.8 Å². The summed E-state index contributed by atoms with van der Waals surface area (Å²) in [6.45, 7) is 5.38. The third-order valence-corrected chi connectivity index (χ3v) is 7.72. The maximum absolute atomic E-state index is 13.8. The number of carbonyl (C=O) groups is 2. The van der Waals surface area contributed by atoms with Crippen molar-refractivity contribution in [3.05, 3.63) is 95.8 Å². The minimum absolute atomic E-state index is 0.000557. The molecule has 7 nitrogen and oxygen atoms in total. The number of amides is 2. The van der Waals surface area contributed by atoms with Gasteiger partial charge in [-0.15, -0.1) is 0 Å². The highest BCUT2D eigenvalue weighted by Crippen LogP contribution is 2.25. The van der Waals surface area contributed by atoms with Crippen LogP contribution in [-0.4, -0.2) is 44.3 Å². The number of likely N-dealkylation sites (N-methyl/N-ethyl adjacent to an activating group) is 1. The lowest BCUT2D eigenvalue weighted by atomic mass is 10.1. The Morgan fingerprint density at radius 3 is 2.11 bits per heavy atom. The van der Waals surface area contributed by atoms with Gasteiger partial charge in [0, 0.05) is 13.1 Å². The summed E-state index contributed by atoms with van der Waals surface area (Å²) in [6, 6.07) is 19.6. The van der Waals surface area contributed by atoms with Crippen LogP contribution in [0.1, 0.15) is 31.4 Å². The summed E-state index contributed by atoms with van der Waals surface area (Å²) in [4.78, 5) is 28.1. The van der Waals surface area contributed by atoms with Crippen LogP contribution >= 0.6 is 0 Å². The van der Waals surface area contributed by atoms with Crippen molar-refractivity contribution in [2.75, 3.05) is 17.4 Å². The average molecular weight is 526 g/mol. The molecule has 9 heteroatoms. The Hall–Kier alpha value is -3.72. The highest BCUT2D eigenvalue weighted by atomic mass is 32.2. The molecule has 0 fully saturated rings. The second kappa shape index (κ2) is 12.5. The highest BCUT2D eigenvalue weighted by Gasteiger charge is 2.33. The van der Waals surface area contributed by atoms with E-state index in [1.165, 1.54) is 29.2 Å². The molecule has 0 heterocycles. The van der Waals surface area contributed by atoms with Crippen LogP contribution < -0.4 is 9.62 Å². The van der Waals surface area contributed by atoms with Gasteiger partial charge in [-0.05, 0) is 62.2 Å². The van der Waals surface area contributed by atoms with Crippen molar-refractivity contribution in [2.24, 2.45) is 0 Å². The molecule has 2 amide bonds. The van der Waals surface area contributed by atoms with E-state index >= 15 is 0 Å². The average Bonchev–Trinajstić information content (AvgIpc) is 2.88. The largest absolute Gasteiger partial charge is 0.355 e. The van der Waals surface area contributed by atoms with Gasteiger partial charge in [0.2, 0.25) is 11.8 Å². The van der Waals surface area contributed by atoms with Gasteiger partial charge in [-0.25, -0.2) is 12.8 Å². The number of benzene rings is 3. The monoisotopic (exact) mass is 525 g/mol. The molecule has 0 spiro atoms. The molecule has 37 heavy (non-hydrogen) atoms. The molecule has 0 aliphatic heterocycles. The van der Waals surface area contributed by atoms with Crippen LogP contribution in [0.4, 0.5) is 10.1 Å². The zero-order valence-electron chi connectivity index (χ0n) is 21.2. The van der Waals surface area contributed by atoms with Gasteiger partial charge >= 0.3 is 0 Å². The quantitative estimate of drug-likeness (QED) is 0.405. The van der Waals surface area contributed by atoms with Gasteiger partial charge in [-0.2, -0.15) is 0 Å². The van der Waals surface area contributed by atoms with E-state index in [0.29, 0.717) is 13.0 Å². The van der Waals surface area contributed by atoms with Gasteiger partial charge in [0.1, 0.15) is 18.4 Å². The summed E-state index contributed by atoms with van der Waals surface area (Å²) in [6.07, 6.45) is 0.339. The maximum atomic E-state index is 13.8. The predicted octanol–water partition coefficient (Wildman–Crippen LogP) is 4.27. The van der Waals surface area contributed by atoms with Crippen LogP contribution in [0.25, 0.3) is 0 Å². The van der Waals surface area contributed by atoms with Crippen molar-refractivity contribution in [1.82, 2.24) is 10.2 Å². The number of nitrogens with zero attached hydrogens (tertiary/aromatic N) is 2. The van der Waals surface area contributed by atoms with Gasteiger partial charge < -0.3 is 10.2 Å². The third-order valence-electron chi connectivity index (χ3n) is 5.94. The molecule has 0 aliphatic rings. The first-order chi connectivity index (χ1) is 17.7. The smallest absolute Gasteiger partial charge is 0.264 e. The Labute approximate surface area is 218 Å². The molecule has 0 bridgehead atoms. The lowest BCUT2D eigenvalue weighted by Crippen LogP contribution is -2.52. The van der Waals surface area contributed by atoms with E-state index in [4.69, 9.17) is 0 Å². The van der Waals surface area contributed by atoms with E-state index in [1.807, 2.05) is 37.3 Å². The molecule has 0 saturated carbocycles. The Morgan fingerprint density at radius 1 is 0.919 bits per heavy atom. The van der Waals surface area contributed by atoms with Crippen LogP contribution in [0.3, 0.4) is 0 Å². The van der Waals surface area contributed by atoms with E-state index in [0.717, 1.165) is 27.6 Å². The Bertz CT molecular complexity index is 1300. The maximum Gasteiger partial charge on any atom is 0.264 e. The SMILES string of the molecule is CCNC(=O)[C@@H](CC)N(Cc1ccccc1)C(=O)CN(c1ccc(F)cc1)S(=O)(=O)c1ccc(C)cc1. The fraction of sp³-hybridized carbons (Fsp3) is 0.286. The van der Waals surface area contributed by atoms with E-state index in [9.17, 15) is 22.4 Å². The standard InChI is InChI=1S/C28H32FN3O4S/c1-4-26(28(34)30-5-2)31(19-22-9-7-6-8-10-22)27(33)20-32(24-15-13-23(29)14-16-24)37(35,36)25-17-11-21(3)12-18-25/h6-18,26H,4-5,19-20H2,1-3H3,(H,30,34)/t26-/m1/s1. The number of nitrogens with one attached hydrogen (secondary N) is 1. The molecular weight excluding hydrogens is 493 g/mol. The predicted molar refractivity (Wildman–Crippen MR) is 142 cm³/mol. The molecular formula is C28H32FN3O4S. The molecule has 3 aromatic rings. The number of aryl methyl sites for hydroxylation is 1. The summed E-state index contributed by atoms with van der Waals surface area (Å²) in [7, 11) is -4.19. The number of hydrogen-bond acceptors (Lipinski definition) is 4. The molecule has 0 unspecified atom stereocenters. The van der Waals surface area contributed by atoms with Crippen LogP contribution in [-0.2, 0) is 26.2 Å². The highest BCUT2D eigenvalue weighted by molar-refractivity contribution is 7.92. The molecule has 1 N–H and O–H groups in total. The first kappa shape index (κ1) is 27.9. The summed E-state index contributed by atoms with van der Waals surface area (Å²) in [5, 5.41) is 2.76.